The number of nitrogens with zero attached hydrogens (tertiary/aromatic N) is 3. The van der Waals surface area contributed by atoms with Crippen LogP contribution in [0.4, 0.5) is 11.4 Å². The Morgan fingerprint density at radius 2 is 1.89 bits per heavy atom. The first-order valence-electron chi connectivity index (χ1n) is 8.87. The van der Waals surface area contributed by atoms with Gasteiger partial charge in [0, 0.05) is 0 Å². The fraction of sp³-hybridized carbons (Fsp3) is 0.200. The number of benzene rings is 2. The van der Waals surface area contributed by atoms with Gasteiger partial charge in [-0.3, -0.25) is 24.2 Å². The second-order valence-electron chi connectivity index (χ2n) is 6.75. The van der Waals surface area contributed by atoms with Crippen LogP contribution in [0.3, 0.4) is 0 Å². The number of rotatable bonds is 4. The van der Waals surface area contributed by atoms with Gasteiger partial charge in [-0.25, -0.2) is 4.98 Å². The van der Waals surface area contributed by atoms with Crippen molar-refractivity contribution >= 4 is 34.1 Å². The van der Waals surface area contributed by atoms with Crippen LogP contribution in [0.1, 0.15) is 5.82 Å². The molecule has 2 heterocycles. The Morgan fingerprint density at radius 3 is 2.75 bits per heavy atom. The minimum atomic E-state index is -0.227. The zero-order chi connectivity index (χ0) is 19.7. The fourth-order valence-corrected chi connectivity index (χ4v) is 3.29. The van der Waals surface area contributed by atoms with E-state index >= 15 is 0 Å². The van der Waals surface area contributed by atoms with Crippen LogP contribution in [0.2, 0.25) is 0 Å². The zero-order valence-electron chi connectivity index (χ0n) is 15.3. The number of nitrogens with one attached hydrogen (secondary N) is 2. The molecule has 0 fully saturated rings. The van der Waals surface area contributed by atoms with E-state index < -0.39 is 0 Å². The molecule has 28 heavy (non-hydrogen) atoms. The number of likely N-dealkylation sites (N-methyl/N-ethyl adjacent to an activating group) is 1. The van der Waals surface area contributed by atoms with Crippen molar-refractivity contribution in [1.82, 2.24) is 14.9 Å². The molecule has 0 radical (unpaired) electrons. The molecule has 142 valence electrons. The maximum atomic E-state index is 12.8. The predicted molar refractivity (Wildman–Crippen MR) is 106 cm³/mol. The maximum Gasteiger partial charge on any atom is 0.258 e. The third-order valence-electron chi connectivity index (χ3n) is 4.56. The molecule has 4 rings (SSSR count). The molecule has 2 amide bonds. The first kappa shape index (κ1) is 17.9. The molecule has 3 aromatic rings. The standard InChI is InChI=1S/C20H19N5O3/c1-24(10-17-21-14-7-3-2-6-13(14)20(28)23-17)12-19(27)25-11-18(26)22-15-8-4-5-9-16(15)25/h2-9H,10-12H2,1H3,(H,22,26)(H,21,23,28). The smallest absolute Gasteiger partial charge is 0.258 e. The summed E-state index contributed by atoms with van der Waals surface area (Å²) in [6.07, 6.45) is 0. The summed E-state index contributed by atoms with van der Waals surface area (Å²) in [7, 11) is 1.77. The second kappa shape index (κ2) is 7.24. The van der Waals surface area contributed by atoms with Gasteiger partial charge >= 0.3 is 0 Å². The highest BCUT2D eigenvalue weighted by molar-refractivity contribution is 6.10. The number of amides is 2. The number of para-hydroxylation sites is 3. The predicted octanol–water partition coefficient (Wildman–Crippen LogP) is 1.34. The topological polar surface area (TPSA) is 98.4 Å². The van der Waals surface area contributed by atoms with Crippen LogP contribution in [0.15, 0.2) is 53.3 Å². The van der Waals surface area contributed by atoms with Gasteiger partial charge in [0.2, 0.25) is 11.8 Å². The summed E-state index contributed by atoms with van der Waals surface area (Å²) < 4.78 is 0. The molecule has 1 aromatic heterocycles. The summed E-state index contributed by atoms with van der Waals surface area (Å²) in [6, 6.07) is 14.3. The van der Waals surface area contributed by atoms with Crippen LogP contribution < -0.4 is 15.8 Å². The van der Waals surface area contributed by atoms with Crippen LogP contribution in [0.5, 0.6) is 0 Å². The van der Waals surface area contributed by atoms with E-state index in [2.05, 4.69) is 15.3 Å². The molecule has 0 unspecified atom stereocenters. The molecule has 8 heteroatoms. The van der Waals surface area contributed by atoms with E-state index in [9.17, 15) is 14.4 Å². The molecule has 0 bridgehead atoms. The fourth-order valence-electron chi connectivity index (χ4n) is 3.29. The van der Waals surface area contributed by atoms with Gasteiger partial charge in [0.15, 0.2) is 0 Å². The largest absolute Gasteiger partial charge is 0.323 e. The zero-order valence-corrected chi connectivity index (χ0v) is 15.3. The van der Waals surface area contributed by atoms with Crippen LogP contribution in [0.25, 0.3) is 10.9 Å². The highest BCUT2D eigenvalue weighted by atomic mass is 16.2. The van der Waals surface area contributed by atoms with E-state index in [0.717, 1.165) is 0 Å². The van der Waals surface area contributed by atoms with E-state index in [1.54, 1.807) is 48.3 Å². The number of carbonyl (C=O) groups excluding carboxylic acids is 2. The summed E-state index contributed by atoms with van der Waals surface area (Å²) in [5.74, 6) is 0.0546. The van der Waals surface area contributed by atoms with Crippen LogP contribution >= 0.6 is 0 Å². The van der Waals surface area contributed by atoms with Crippen molar-refractivity contribution in [2.24, 2.45) is 0 Å². The molecule has 0 saturated carbocycles. The van der Waals surface area contributed by atoms with Crippen LogP contribution in [0, 0.1) is 0 Å². The van der Waals surface area contributed by atoms with E-state index in [0.29, 0.717) is 34.6 Å². The highest BCUT2D eigenvalue weighted by Crippen LogP contribution is 2.28. The van der Waals surface area contributed by atoms with E-state index in [1.165, 1.54) is 4.90 Å². The lowest BCUT2D eigenvalue weighted by Gasteiger charge is -2.30. The molecular formula is C20H19N5O3. The van der Waals surface area contributed by atoms with Gasteiger partial charge in [-0.05, 0) is 31.3 Å². The van der Waals surface area contributed by atoms with E-state index in [4.69, 9.17) is 0 Å². The molecule has 2 N–H and O–H groups in total. The number of aromatic amines is 1. The van der Waals surface area contributed by atoms with Crippen molar-refractivity contribution in [3.05, 3.63) is 64.7 Å². The summed E-state index contributed by atoms with van der Waals surface area (Å²) in [5.41, 5.74) is 1.71. The van der Waals surface area contributed by atoms with Gasteiger partial charge in [-0.15, -0.1) is 0 Å². The number of carbonyl (C=O) groups is 2. The maximum absolute atomic E-state index is 12.8. The van der Waals surface area contributed by atoms with Gasteiger partial charge < -0.3 is 10.3 Å². The van der Waals surface area contributed by atoms with Gasteiger partial charge in [-0.2, -0.15) is 0 Å². The molecule has 0 atom stereocenters. The first-order chi connectivity index (χ1) is 13.5. The summed E-state index contributed by atoms with van der Waals surface area (Å²) in [5, 5.41) is 3.29. The highest BCUT2D eigenvalue weighted by Gasteiger charge is 2.27. The Labute approximate surface area is 160 Å². The summed E-state index contributed by atoms with van der Waals surface area (Å²) >= 11 is 0. The third kappa shape index (κ3) is 3.49. The minimum absolute atomic E-state index is 0.0191. The molecule has 0 spiro atoms. The Kier molecular flexibility index (Phi) is 4.62. The second-order valence-corrected chi connectivity index (χ2v) is 6.75. The number of hydrogen-bond donors (Lipinski definition) is 2. The van der Waals surface area contributed by atoms with Crippen molar-refractivity contribution in [2.45, 2.75) is 6.54 Å². The van der Waals surface area contributed by atoms with Gasteiger partial charge in [0.1, 0.15) is 12.4 Å². The first-order valence-corrected chi connectivity index (χ1v) is 8.87. The number of anilines is 2. The van der Waals surface area contributed by atoms with Crippen molar-refractivity contribution in [1.29, 1.82) is 0 Å². The summed E-state index contributed by atoms with van der Waals surface area (Å²) in [4.78, 5) is 47.3. The Hall–Kier alpha value is -3.52. The van der Waals surface area contributed by atoms with Crippen LogP contribution in [-0.4, -0.2) is 46.8 Å². The van der Waals surface area contributed by atoms with E-state index in [-0.39, 0.29) is 30.5 Å². The van der Waals surface area contributed by atoms with Crippen molar-refractivity contribution in [2.75, 3.05) is 30.4 Å². The lowest BCUT2D eigenvalue weighted by molar-refractivity contribution is -0.122. The Bertz CT molecular complexity index is 1120. The lowest BCUT2D eigenvalue weighted by Crippen LogP contribution is -2.46. The lowest BCUT2D eigenvalue weighted by atomic mass is 10.2. The van der Waals surface area contributed by atoms with E-state index in [1.807, 2.05) is 12.1 Å². The molecule has 8 nitrogen and oxygen atoms in total. The van der Waals surface area contributed by atoms with Crippen molar-refractivity contribution in [3.63, 3.8) is 0 Å². The molecular weight excluding hydrogens is 358 g/mol. The molecule has 2 aromatic carbocycles. The third-order valence-corrected chi connectivity index (χ3v) is 4.56. The van der Waals surface area contributed by atoms with Gasteiger partial charge in [0.25, 0.3) is 5.56 Å². The average Bonchev–Trinajstić information content (AvgIpc) is 2.67. The Balaban J connectivity index is 1.50. The van der Waals surface area contributed by atoms with Crippen molar-refractivity contribution < 1.29 is 9.59 Å². The number of hydrogen-bond acceptors (Lipinski definition) is 5. The number of aromatic nitrogens is 2. The van der Waals surface area contributed by atoms with Gasteiger partial charge in [-0.1, -0.05) is 24.3 Å². The molecule has 0 saturated heterocycles. The minimum Gasteiger partial charge on any atom is -0.323 e. The van der Waals surface area contributed by atoms with Crippen LogP contribution in [-0.2, 0) is 16.1 Å². The molecule has 0 aliphatic carbocycles. The monoisotopic (exact) mass is 377 g/mol. The van der Waals surface area contributed by atoms with Gasteiger partial charge in [0.05, 0.1) is 35.4 Å². The SMILES string of the molecule is CN(CC(=O)N1CC(=O)Nc2ccccc21)Cc1nc2ccccc2c(=O)[nH]1. The summed E-state index contributed by atoms with van der Waals surface area (Å²) in [6.45, 7) is 0.362. The Morgan fingerprint density at radius 1 is 1.14 bits per heavy atom. The number of H-pyrrole nitrogens is 1. The quantitative estimate of drug-likeness (QED) is 0.715. The average molecular weight is 377 g/mol. The normalized spacial score (nSPS) is 13.5. The van der Waals surface area contributed by atoms with Crippen molar-refractivity contribution in [3.8, 4) is 0 Å². The molecule has 1 aliphatic heterocycles. The number of fused-ring (bicyclic) bond motifs is 2. The molecule has 1 aliphatic rings.